The number of fused-ring (bicyclic) bond motifs is 1. The van der Waals surface area contributed by atoms with Crippen LogP contribution in [0.4, 0.5) is 0 Å². The summed E-state index contributed by atoms with van der Waals surface area (Å²) in [7, 11) is 0. The molecule has 1 atom stereocenters. The fourth-order valence-corrected chi connectivity index (χ4v) is 2.91. The van der Waals surface area contributed by atoms with Crippen LogP contribution in [0.1, 0.15) is 26.3 Å². The zero-order valence-corrected chi connectivity index (χ0v) is 14.3. The van der Waals surface area contributed by atoms with Crippen molar-refractivity contribution in [1.82, 2.24) is 4.90 Å². The molecule has 2 amide bonds. The van der Waals surface area contributed by atoms with Gasteiger partial charge in [0.05, 0.1) is 30.9 Å². The van der Waals surface area contributed by atoms with Crippen LogP contribution in [0.25, 0.3) is 0 Å². The topological polar surface area (TPSA) is 55.8 Å². The number of carbonyl (C=O) groups excluding carboxylic acids is 2. The van der Waals surface area contributed by atoms with Crippen LogP contribution in [0.2, 0.25) is 0 Å². The molecule has 0 aliphatic carbocycles. The average molecular weight is 360 g/mol. The normalized spacial score (nSPS) is 14.7. The summed E-state index contributed by atoms with van der Waals surface area (Å²) in [5, 5.41) is 0. The molecule has 0 spiro atoms. The van der Waals surface area contributed by atoms with Gasteiger partial charge in [-0.15, -0.1) is 0 Å². The van der Waals surface area contributed by atoms with Gasteiger partial charge in [0, 0.05) is 0 Å². The Balaban J connectivity index is 1.60. The van der Waals surface area contributed by atoms with Crippen molar-refractivity contribution in [3.63, 3.8) is 0 Å². The zero-order valence-electron chi connectivity index (χ0n) is 13.6. The minimum atomic E-state index is -0.483. The molecule has 1 aliphatic heterocycles. The largest absolute Gasteiger partial charge is 0.374 e. The summed E-state index contributed by atoms with van der Waals surface area (Å²) >= 11 is 5.67. The van der Waals surface area contributed by atoms with E-state index in [1.807, 2.05) is 30.3 Å². The monoisotopic (exact) mass is 359 g/mol. The van der Waals surface area contributed by atoms with Crippen molar-refractivity contribution in [2.24, 2.45) is 0 Å². The van der Waals surface area contributed by atoms with Gasteiger partial charge in [-0.3, -0.25) is 14.5 Å². The Morgan fingerprint density at radius 1 is 0.920 bits per heavy atom. The number of imide groups is 1. The lowest BCUT2D eigenvalue weighted by atomic mass is 10.1. The molecule has 0 fully saturated rings. The number of hydrogen-bond acceptors (Lipinski definition) is 4. The summed E-state index contributed by atoms with van der Waals surface area (Å²) in [6.45, 7) is 0.758. The number of rotatable bonds is 8. The van der Waals surface area contributed by atoms with Gasteiger partial charge in [0.1, 0.15) is 12.2 Å². The van der Waals surface area contributed by atoms with Gasteiger partial charge in [0.25, 0.3) is 11.8 Å². The minimum absolute atomic E-state index is 0.0392. The summed E-state index contributed by atoms with van der Waals surface area (Å²) in [6, 6.07) is 16.5. The molecular weight excluding hydrogens is 342 g/mol. The second-order valence-corrected chi connectivity index (χ2v) is 5.88. The predicted octanol–water partition coefficient (Wildman–Crippen LogP) is 3.08. The van der Waals surface area contributed by atoms with Gasteiger partial charge in [-0.2, -0.15) is 0 Å². The number of ether oxygens (including phenoxy) is 2. The second-order valence-electron chi connectivity index (χ2n) is 5.67. The Hall–Kier alpha value is -2.21. The fourth-order valence-electron chi connectivity index (χ4n) is 2.73. The van der Waals surface area contributed by atoms with E-state index >= 15 is 0 Å². The van der Waals surface area contributed by atoms with E-state index in [1.165, 1.54) is 4.90 Å². The zero-order chi connectivity index (χ0) is 17.6. The van der Waals surface area contributed by atoms with Crippen molar-refractivity contribution < 1.29 is 19.1 Å². The Morgan fingerprint density at radius 2 is 1.52 bits per heavy atom. The third kappa shape index (κ3) is 4.07. The number of halogens is 1. The molecule has 0 aromatic heterocycles. The van der Waals surface area contributed by atoms with E-state index in [1.54, 1.807) is 24.3 Å². The lowest BCUT2D eigenvalue weighted by molar-refractivity contribution is -0.0166. The lowest BCUT2D eigenvalue weighted by Crippen LogP contribution is -2.40. The molecule has 25 heavy (non-hydrogen) atoms. The molecule has 1 heterocycles. The molecule has 130 valence electrons. The van der Waals surface area contributed by atoms with Gasteiger partial charge in [-0.05, 0) is 17.7 Å². The maximum absolute atomic E-state index is 12.4. The summed E-state index contributed by atoms with van der Waals surface area (Å²) in [4.78, 5) is 26.0. The molecule has 0 saturated carbocycles. The molecular formula is C19H18ClNO4. The molecule has 5 nitrogen and oxygen atoms in total. The maximum Gasteiger partial charge on any atom is 0.261 e. The van der Waals surface area contributed by atoms with Crippen molar-refractivity contribution >= 4 is 23.4 Å². The molecule has 0 bridgehead atoms. The Kier molecular flexibility index (Phi) is 5.81. The summed E-state index contributed by atoms with van der Waals surface area (Å²) in [5.41, 5.74) is 1.87. The van der Waals surface area contributed by atoms with E-state index in [9.17, 15) is 9.59 Å². The van der Waals surface area contributed by atoms with Gasteiger partial charge in [-0.25, -0.2) is 0 Å². The number of alkyl halides is 1. The molecule has 1 aliphatic rings. The van der Waals surface area contributed by atoms with Crippen LogP contribution in [-0.4, -0.2) is 42.0 Å². The van der Waals surface area contributed by atoms with Crippen LogP contribution < -0.4 is 0 Å². The molecule has 0 N–H and O–H groups in total. The molecule has 2 aromatic rings. The maximum atomic E-state index is 12.4. The first-order valence-corrected chi connectivity index (χ1v) is 8.48. The number of hydrogen-bond donors (Lipinski definition) is 0. The van der Waals surface area contributed by atoms with E-state index in [2.05, 4.69) is 0 Å². The van der Waals surface area contributed by atoms with Crippen molar-refractivity contribution in [3.8, 4) is 0 Å². The van der Waals surface area contributed by atoms with Crippen molar-refractivity contribution in [1.29, 1.82) is 0 Å². The number of nitrogens with zero attached hydrogens (tertiary/aromatic N) is 1. The molecule has 1 unspecified atom stereocenters. The van der Waals surface area contributed by atoms with E-state index in [-0.39, 0.29) is 31.0 Å². The summed E-state index contributed by atoms with van der Waals surface area (Å²) < 4.78 is 11.1. The number of amides is 2. The smallest absolute Gasteiger partial charge is 0.261 e. The average Bonchev–Trinajstić information content (AvgIpc) is 2.88. The highest BCUT2D eigenvalue weighted by atomic mass is 35.5. The third-order valence-electron chi connectivity index (χ3n) is 3.98. The first kappa shape index (κ1) is 17.6. The van der Waals surface area contributed by atoms with Crippen molar-refractivity contribution in [3.05, 3.63) is 71.3 Å². The van der Waals surface area contributed by atoms with Crippen LogP contribution in [-0.2, 0) is 16.1 Å². The van der Waals surface area contributed by atoms with Gasteiger partial charge in [0.15, 0.2) is 0 Å². The van der Waals surface area contributed by atoms with Crippen molar-refractivity contribution in [2.75, 3.05) is 19.2 Å². The van der Waals surface area contributed by atoms with Gasteiger partial charge in [0.2, 0.25) is 0 Å². The highest BCUT2D eigenvalue weighted by Gasteiger charge is 2.36. The Morgan fingerprint density at radius 3 is 2.12 bits per heavy atom. The van der Waals surface area contributed by atoms with Crippen LogP contribution in [0.3, 0.4) is 0 Å². The van der Waals surface area contributed by atoms with Gasteiger partial charge >= 0.3 is 0 Å². The minimum Gasteiger partial charge on any atom is -0.374 e. The molecule has 0 saturated heterocycles. The van der Waals surface area contributed by atoms with Crippen molar-refractivity contribution in [2.45, 2.75) is 12.7 Å². The number of carbonyl (C=O) groups is 2. The highest BCUT2D eigenvalue weighted by Crippen LogP contribution is 2.23. The van der Waals surface area contributed by atoms with Crippen LogP contribution in [0.15, 0.2) is 54.6 Å². The SMILES string of the molecule is O=C1c2ccccc2C(=O)N1CC(COCc1ccccc1)OCCl. The Labute approximate surface area is 151 Å². The first-order chi connectivity index (χ1) is 12.2. The number of benzene rings is 2. The quantitative estimate of drug-likeness (QED) is 0.537. The van der Waals surface area contributed by atoms with Crippen LogP contribution in [0, 0.1) is 0 Å². The van der Waals surface area contributed by atoms with E-state index in [0.29, 0.717) is 17.7 Å². The van der Waals surface area contributed by atoms with Crippen LogP contribution in [0.5, 0.6) is 0 Å². The highest BCUT2D eigenvalue weighted by molar-refractivity contribution is 6.21. The lowest BCUT2D eigenvalue weighted by Gasteiger charge is -2.22. The second kappa shape index (κ2) is 8.25. The van der Waals surface area contributed by atoms with Crippen LogP contribution >= 0.6 is 11.6 Å². The van der Waals surface area contributed by atoms with Gasteiger partial charge < -0.3 is 9.47 Å². The van der Waals surface area contributed by atoms with E-state index in [0.717, 1.165) is 5.56 Å². The third-order valence-corrected chi connectivity index (χ3v) is 4.10. The molecule has 0 radical (unpaired) electrons. The molecule has 2 aromatic carbocycles. The van der Waals surface area contributed by atoms with Gasteiger partial charge in [-0.1, -0.05) is 54.1 Å². The summed E-state index contributed by atoms with van der Waals surface area (Å²) in [5.74, 6) is -0.626. The first-order valence-electron chi connectivity index (χ1n) is 7.95. The molecule has 3 rings (SSSR count). The fraction of sp³-hybridized carbons (Fsp3) is 0.263. The predicted molar refractivity (Wildman–Crippen MR) is 93.5 cm³/mol. The standard InChI is InChI=1S/C19H18ClNO4/c20-13-25-15(12-24-11-14-6-2-1-3-7-14)10-21-18(22)16-8-4-5-9-17(16)19(21)23/h1-9,15H,10-13H2. The summed E-state index contributed by atoms with van der Waals surface area (Å²) in [6.07, 6.45) is -0.483. The van der Waals surface area contributed by atoms with E-state index in [4.69, 9.17) is 21.1 Å². The molecule has 6 heteroatoms. The Bertz CT molecular complexity index is 715. The van der Waals surface area contributed by atoms with E-state index < -0.39 is 6.10 Å².